The molecule has 1 aliphatic heterocycles. The monoisotopic (exact) mass is 269 g/mol. The van der Waals surface area contributed by atoms with Gasteiger partial charge in [0.2, 0.25) is 0 Å². The van der Waals surface area contributed by atoms with Crippen molar-refractivity contribution in [1.82, 2.24) is 4.90 Å². The van der Waals surface area contributed by atoms with Gasteiger partial charge in [0.15, 0.2) is 17.4 Å². The second-order valence-corrected chi connectivity index (χ2v) is 4.68. The van der Waals surface area contributed by atoms with Crippen LogP contribution >= 0.6 is 0 Å². The largest absolute Gasteiger partial charge is 0.486 e. The molecule has 0 N–H and O–H groups in total. The molecule has 0 aliphatic carbocycles. The first-order valence-corrected chi connectivity index (χ1v) is 6.50. The Bertz CT molecular complexity index is 422. The summed E-state index contributed by atoms with van der Waals surface area (Å²) < 4.78 is 32.2. The zero-order chi connectivity index (χ0) is 13.7. The fourth-order valence-electron chi connectivity index (χ4n) is 2.25. The van der Waals surface area contributed by atoms with Gasteiger partial charge in [-0.15, -0.1) is 0 Å². The topological polar surface area (TPSA) is 29.5 Å². The Kier molecular flexibility index (Phi) is 4.85. The van der Waals surface area contributed by atoms with Crippen LogP contribution in [0.25, 0.3) is 0 Å². The van der Waals surface area contributed by atoms with Crippen molar-refractivity contribution in [2.75, 3.05) is 26.2 Å². The number of carbonyl (C=O) groups is 1. The lowest BCUT2D eigenvalue weighted by Gasteiger charge is -2.26. The summed E-state index contributed by atoms with van der Waals surface area (Å²) >= 11 is 0. The van der Waals surface area contributed by atoms with Gasteiger partial charge in [0.25, 0.3) is 0 Å². The number of aldehydes is 1. The first kappa shape index (κ1) is 13.9. The third-order valence-corrected chi connectivity index (χ3v) is 3.26. The van der Waals surface area contributed by atoms with E-state index in [9.17, 15) is 13.6 Å². The van der Waals surface area contributed by atoms with E-state index < -0.39 is 17.4 Å². The smallest absolute Gasteiger partial charge is 0.190 e. The summed E-state index contributed by atoms with van der Waals surface area (Å²) in [5, 5.41) is 0. The van der Waals surface area contributed by atoms with Gasteiger partial charge in [-0.1, -0.05) is 6.42 Å². The third kappa shape index (κ3) is 3.73. The Hall–Kier alpha value is -1.49. The van der Waals surface area contributed by atoms with E-state index in [0.29, 0.717) is 12.8 Å². The molecule has 5 heteroatoms. The van der Waals surface area contributed by atoms with E-state index in [1.54, 1.807) is 0 Å². The maximum atomic E-state index is 13.5. The van der Waals surface area contributed by atoms with Crippen LogP contribution < -0.4 is 4.74 Å². The fraction of sp³-hybridized carbons (Fsp3) is 0.500. The molecule has 3 nitrogen and oxygen atoms in total. The summed E-state index contributed by atoms with van der Waals surface area (Å²) in [5.41, 5.74) is -0.0293. The van der Waals surface area contributed by atoms with Crippen molar-refractivity contribution in [1.29, 1.82) is 0 Å². The number of benzene rings is 1. The Labute approximate surface area is 111 Å². The summed E-state index contributed by atoms with van der Waals surface area (Å²) in [7, 11) is 0. The van der Waals surface area contributed by atoms with E-state index in [2.05, 4.69) is 4.90 Å². The fourth-order valence-corrected chi connectivity index (χ4v) is 2.25. The van der Waals surface area contributed by atoms with Crippen molar-refractivity contribution in [3.8, 4) is 5.75 Å². The molecule has 1 aromatic rings. The van der Waals surface area contributed by atoms with Crippen molar-refractivity contribution in [2.45, 2.75) is 19.3 Å². The molecule has 0 radical (unpaired) electrons. The molecule has 0 unspecified atom stereocenters. The quantitative estimate of drug-likeness (QED) is 0.770. The zero-order valence-corrected chi connectivity index (χ0v) is 10.7. The Morgan fingerprint density at radius 2 is 1.79 bits per heavy atom. The van der Waals surface area contributed by atoms with E-state index in [-0.39, 0.29) is 12.2 Å². The zero-order valence-electron chi connectivity index (χ0n) is 10.7. The van der Waals surface area contributed by atoms with Crippen LogP contribution in [0.4, 0.5) is 8.78 Å². The molecule has 104 valence electrons. The summed E-state index contributed by atoms with van der Waals surface area (Å²) in [4.78, 5) is 12.7. The van der Waals surface area contributed by atoms with E-state index in [0.717, 1.165) is 38.1 Å². The summed E-state index contributed by atoms with van der Waals surface area (Å²) in [5.74, 6) is -2.07. The van der Waals surface area contributed by atoms with Gasteiger partial charge in [-0.05, 0) is 38.1 Å². The number of hydrogen-bond donors (Lipinski definition) is 0. The van der Waals surface area contributed by atoms with Crippen LogP contribution in [0.1, 0.15) is 29.6 Å². The van der Waals surface area contributed by atoms with Gasteiger partial charge in [0, 0.05) is 12.1 Å². The molecule has 1 fully saturated rings. The average Bonchev–Trinajstić information content (AvgIpc) is 2.42. The molecule has 0 atom stereocenters. The third-order valence-electron chi connectivity index (χ3n) is 3.26. The van der Waals surface area contributed by atoms with Crippen LogP contribution in [0.5, 0.6) is 5.75 Å². The predicted molar refractivity (Wildman–Crippen MR) is 67.5 cm³/mol. The molecule has 0 spiro atoms. The van der Waals surface area contributed by atoms with E-state index in [1.807, 2.05) is 0 Å². The molecular weight excluding hydrogens is 252 g/mol. The van der Waals surface area contributed by atoms with Crippen molar-refractivity contribution < 1.29 is 18.3 Å². The first-order valence-electron chi connectivity index (χ1n) is 6.50. The molecule has 0 bridgehead atoms. The van der Waals surface area contributed by atoms with Crippen molar-refractivity contribution in [3.05, 3.63) is 29.3 Å². The Balaban J connectivity index is 1.90. The second kappa shape index (κ2) is 6.61. The van der Waals surface area contributed by atoms with Crippen LogP contribution in [0.15, 0.2) is 12.1 Å². The molecule has 0 amide bonds. The molecule has 1 aromatic carbocycles. The number of piperidine rings is 1. The number of ether oxygens (including phenoxy) is 1. The lowest BCUT2D eigenvalue weighted by atomic mass is 10.1. The molecule has 1 aliphatic rings. The molecular formula is C14H17F2NO2. The summed E-state index contributed by atoms with van der Waals surface area (Å²) in [6, 6.07) is 1.96. The highest BCUT2D eigenvalue weighted by atomic mass is 19.1. The van der Waals surface area contributed by atoms with Crippen LogP contribution in [0, 0.1) is 11.6 Å². The molecule has 0 saturated carbocycles. The lowest BCUT2D eigenvalue weighted by Crippen LogP contribution is -2.33. The van der Waals surface area contributed by atoms with E-state index >= 15 is 0 Å². The van der Waals surface area contributed by atoms with Gasteiger partial charge >= 0.3 is 0 Å². The van der Waals surface area contributed by atoms with Gasteiger partial charge in [-0.25, -0.2) is 8.78 Å². The molecule has 2 rings (SSSR count). The Morgan fingerprint density at radius 1 is 1.16 bits per heavy atom. The van der Waals surface area contributed by atoms with Gasteiger partial charge in [-0.2, -0.15) is 0 Å². The maximum absolute atomic E-state index is 13.5. The number of carbonyl (C=O) groups excluding carboxylic acids is 1. The predicted octanol–water partition coefficient (Wildman–Crippen LogP) is 2.64. The second-order valence-electron chi connectivity index (χ2n) is 4.68. The number of hydrogen-bond acceptors (Lipinski definition) is 3. The SMILES string of the molecule is O=Cc1cc(F)c(OCCN2CCCCC2)c(F)c1. The minimum Gasteiger partial charge on any atom is -0.486 e. The summed E-state index contributed by atoms with van der Waals surface area (Å²) in [6.45, 7) is 2.93. The average molecular weight is 269 g/mol. The number of likely N-dealkylation sites (tertiary alicyclic amines) is 1. The van der Waals surface area contributed by atoms with Crippen molar-refractivity contribution >= 4 is 6.29 Å². The highest BCUT2D eigenvalue weighted by Gasteiger charge is 2.14. The first-order chi connectivity index (χ1) is 9.20. The van der Waals surface area contributed by atoms with Gasteiger partial charge < -0.3 is 4.74 Å². The molecule has 0 aromatic heterocycles. The van der Waals surface area contributed by atoms with Crippen LogP contribution in [-0.4, -0.2) is 37.4 Å². The highest BCUT2D eigenvalue weighted by molar-refractivity contribution is 5.75. The van der Waals surface area contributed by atoms with E-state index in [1.165, 1.54) is 6.42 Å². The standard InChI is InChI=1S/C14H17F2NO2/c15-12-8-11(10-18)9-13(16)14(12)19-7-6-17-4-2-1-3-5-17/h8-10H,1-7H2. The van der Waals surface area contributed by atoms with E-state index in [4.69, 9.17) is 4.74 Å². The Morgan fingerprint density at radius 3 is 2.37 bits per heavy atom. The maximum Gasteiger partial charge on any atom is 0.190 e. The normalized spacial score (nSPS) is 16.3. The van der Waals surface area contributed by atoms with Crippen LogP contribution in [0.3, 0.4) is 0 Å². The number of halogens is 2. The van der Waals surface area contributed by atoms with Gasteiger partial charge in [0.05, 0.1) is 0 Å². The van der Waals surface area contributed by atoms with Crippen molar-refractivity contribution in [2.24, 2.45) is 0 Å². The van der Waals surface area contributed by atoms with Gasteiger partial charge in [-0.3, -0.25) is 9.69 Å². The minimum absolute atomic E-state index is 0.0293. The van der Waals surface area contributed by atoms with Crippen molar-refractivity contribution in [3.63, 3.8) is 0 Å². The highest BCUT2D eigenvalue weighted by Crippen LogP contribution is 2.22. The number of nitrogens with zero attached hydrogens (tertiary/aromatic N) is 1. The minimum atomic E-state index is -0.833. The van der Waals surface area contributed by atoms with Crippen LogP contribution in [0.2, 0.25) is 0 Å². The molecule has 19 heavy (non-hydrogen) atoms. The molecule has 1 saturated heterocycles. The molecule has 1 heterocycles. The van der Waals surface area contributed by atoms with Gasteiger partial charge in [0.1, 0.15) is 12.9 Å². The lowest BCUT2D eigenvalue weighted by molar-refractivity contribution is 0.112. The number of rotatable bonds is 5. The summed E-state index contributed by atoms with van der Waals surface area (Å²) in [6.07, 6.45) is 3.98. The van der Waals surface area contributed by atoms with Crippen LogP contribution in [-0.2, 0) is 0 Å².